The number of carbonyl (C=O) groups is 1. The van der Waals surface area contributed by atoms with Gasteiger partial charge in [0.05, 0.1) is 5.75 Å². The van der Waals surface area contributed by atoms with Gasteiger partial charge in [0, 0.05) is 12.6 Å². The minimum Gasteiger partial charge on any atom is -0.431 e. The number of amides is 1. The standard InChI is InChI=1S/C19H24N2O2S/c22-18(13-24-19-20-15-9-4-5-11-17(15)23-19)21-12-6-10-16(21)14-7-2-1-3-8-14/h4-5,9,11,14,16H,1-3,6-8,10,12-13H2. The van der Waals surface area contributed by atoms with Crippen molar-refractivity contribution >= 4 is 28.8 Å². The Morgan fingerprint density at radius 2 is 2.00 bits per heavy atom. The van der Waals surface area contributed by atoms with Crippen molar-refractivity contribution in [2.75, 3.05) is 12.3 Å². The zero-order valence-electron chi connectivity index (χ0n) is 13.9. The Balaban J connectivity index is 1.37. The fourth-order valence-corrected chi connectivity index (χ4v) is 4.95. The van der Waals surface area contributed by atoms with Gasteiger partial charge in [0.25, 0.3) is 5.22 Å². The molecule has 1 aromatic heterocycles. The molecule has 4 rings (SSSR count). The number of carbonyl (C=O) groups excluding carboxylic acids is 1. The Morgan fingerprint density at radius 1 is 1.17 bits per heavy atom. The van der Waals surface area contributed by atoms with Crippen LogP contribution in [0.1, 0.15) is 44.9 Å². The number of oxazole rings is 1. The molecule has 2 aliphatic rings. The van der Waals surface area contributed by atoms with E-state index in [0.29, 0.717) is 17.0 Å². The molecule has 1 aliphatic carbocycles. The van der Waals surface area contributed by atoms with Crippen LogP contribution in [0, 0.1) is 5.92 Å². The van der Waals surface area contributed by atoms with Crippen LogP contribution < -0.4 is 0 Å². The van der Waals surface area contributed by atoms with Crippen LogP contribution in [-0.4, -0.2) is 34.1 Å². The highest BCUT2D eigenvalue weighted by atomic mass is 32.2. The predicted octanol–water partition coefficient (Wildman–Crippen LogP) is 4.49. The van der Waals surface area contributed by atoms with Crippen LogP contribution in [0.3, 0.4) is 0 Å². The number of hydrogen-bond donors (Lipinski definition) is 0. The molecule has 1 aliphatic heterocycles. The SMILES string of the molecule is O=C(CSc1nc2ccccc2o1)N1CCCC1C1CCCCC1. The third-order valence-corrected chi connectivity index (χ3v) is 6.22. The van der Waals surface area contributed by atoms with Crippen LogP contribution in [0.5, 0.6) is 0 Å². The summed E-state index contributed by atoms with van der Waals surface area (Å²) in [6.07, 6.45) is 8.97. The van der Waals surface area contributed by atoms with Crippen LogP contribution in [0.25, 0.3) is 11.1 Å². The number of rotatable bonds is 4. The van der Waals surface area contributed by atoms with Crippen LogP contribution in [0.2, 0.25) is 0 Å². The Morgan fingerprint density at radius 3 is 2.83 bits per heavy atom. The van der Waals surface area contributed by atoms with Crippen molar-refractivity contribution in [1.82, 2.24) is 9.88 Å². The minimum absolute atomic E-state index is 0.246. The molecule has 1 unspecified atom stereocenters. The molecule has 1 saturated carbocycles. The molecule has 128 valence electrons. The molecule has 2 aromatic rings. The lowest BCUT2D eigenvalue weighted by Gasteiger charge is -2.34. The van der Waals surface area contributed by atoms with Gasteiger partial charge in [0.2, 0.25) is 5.91 Å². The summed E-state index contributed by atoms with van der Waals surface area (Å²) in [5.74, 6) is 1.39. The van der Waals surface area contributed by atoms with Gasteiger partial charge < -0.3 is 9.32 Å². The molecule has 2 heterocycles. The maximum absolute atomic E-state index is 12.7. The molecule has 1 amide bonds. The van der Waals surface area contributed by atoms with E-state index in [2.05, 4.69) is 9.88 Å². The van der Waals surface area contributed by atoms with E-state index in [4.69, 9.17) is 4.42 Å². The number of hydrogen-bond acceptors (Lipinski definition) is 4. The van der Waals surface area contributed by atoms with E-state index in [-0.39, 0.29) is 5.91 Å². The summed E-state index contributed by atoms with van der Waals surface area (Å²) in [4.78, 5) is 19.3. The maximum Gasteiger partial charge on any atom is 0.257 e. The van der Waals surface area contributed by atoms with E-state index >= 15 is 0 Å². The molecule has 1 aromatic carbocycles. The third-order valence-electron chi connectivity index (χ3n) is 5.41. The number of benzene rings is 1. The zero-order valence-corrected chi connectivity index (χ0v) is 14.8. The lowest BCUT2D eigenvalue weighted by atomic mass is 9.83. The van der Waals surface area contributed by atoms with Gasteiger partial charge in [-0.3, -0.25) is 4.79 Å². The Bertz CT molecular complexity index is 675. The number of aromatic nitrogens is 1. The monoisotopic (exact) mass is 344 g/mol. The molecule has 4 nitrogen and oxygen atoms in total. The summed E-state index contributed by atoms with van der Waals surface area (Å²) in [5, 5.41) is 0.595. The first-order chi connectivity index (χ1) is 11.8. The number of nitrogens with zero attached hydrogens (tertiary/aromatic N) is 2. The number of likely N-dealkylation sites (tertiary alicyclic amines) is 1. The second-order valence-corrected chi connectivity index (χ2v) is 7.86. The average molecular weight is 344 g/mol. The molecule has 2 fully saturated rings. The fourth-order valence-electron chi connectivity index (χ4n) is 4.23. The van der Waals surface area contributed by atoms with Gasteiger partial charge in [-0.15, -0.1) is 0 Å². The largest absolute Gasteiger partial charge is 0.431 e. The van der Waals surface area contributed by atoms with Crippen molar-refractivity contribution < 1.29 is 9.21 Å². The molecular weight excluding hydrogens is 320 g/mol. The first-order valence-corrected chi connectivity index (χ1v) is 10.1. The van der Waals surface area contributed by atoms with E-state index in [0.717, 1.165) is 30.0 Å². The topological polar surface area (TPSA) is 46.3 Å². The van der Waals surface area contributed by atoms with Crippen molar-refractivity contribution in [2.45, 2.75) is 56.2 Å². The number of fused-ring (bicyclic) bond motifs is 1. The van der Waals surface area contributed by atoms with Gasteiger partial charge >= 0.3 is 0 Å². The Hall–Kier alpha value is -1.49. The third kappa shape index (κ3) is 3.32. The normalized spacial score (nSPS) is 22.3. The van der Waals surface area contributed by atoms with Crippen molar-refractivity contribution in [3.63, 3.8) is 0 Å². The average Bonchev–Trinajstić information content (AvgIpc) is 3.27. The highest BCUT2D eigenvalue weighted by Crippen LogP contribution is 2.35. The first kappa shape index (κ1) is 16.0. The highest BCUT2D eigenvalue weighted by molar-refractivity contribution is 7.99. The molecule has 1 saturated heterocycles. The Kier molecular flexibility index (Phi) is 4.79. The second-order valence-electron chi connectivity index (χ2n) is 6.93. The Labute approximate surface area is 147 Å². The minimum atomic E-state index is 0.246. The van der Waals surface area contributed by atoms with E-state index in [1.165, 1.54) is 50.3 Å². The molecule has 0 bridgehead atoms. The number of thioether (sulfide) groups is 1. The van der Waals surface area contributed by atoms with E-state index in [1.54, 1.807) is 0 Å². The predicted molar refractivity (Wildman–Crippen MR) is 96.0 cm³/mol. The smallest absolute Gasteiger partial charge is 0.257 e. The molecular formula is C19H24N2O2S. The van der Waals surface area contributed by atoms with E-state index in [1.807, 2.05) is 24.3 Å². The van der Waals surface area contributed by atoms with E-state index in [9.17, 15) is 4.79 Å². The summed E-state index contributed by atoms with van der Waals surface area (Å²) < 4.78 is 5.71. The molecule has 24 heavy (non-hydrogen) atoms. The highest BCUT2D eigenvalue weighted by Gasteiger charge is 2.35. The van der Waals surface area contributed by atoms with Crippen molar-refractivity contribution in [2.24, 2.45) is 5.92 Å². The van der Waals surface area contributed by atoms with Gasteiger partial charge in [-0.25, -0.2) is 4.98 Å². The quantitative estimate of drug-likeness (QED) is 0.767. The lowest BCUT2D eigenvalue weighted by molar-refractivity contribution is -0.130. The summed E-state index contributed by atoms with van der Waals surface area (Å²) >= 11 is 1.42. The van der Waals surface area contributed by atoms with E-state index < -0.39 is 0 Å². The first-order valence-electron chi connectivity index (χ1n) is 9.09. The summed E-state index contributed by atoms with van der Waals surface area (Å²) in [6.45, 7) is 0.925. The molecule has 0 radical (unpaired) electrons. The van der Waals surface area contributed by atoms with Crippen LogP contribution in [0.4, 0.5) is 0 Å². The van der Waals surface area contributed by atoms with Gasteiger partial charge in [-0.05, 0) is 43.7 Å². The van der Waals surface area contributed by atoms with Gasteiger partial charge in [0.15, 0.2) is 5.58 Å². The summed E-state index contributed by atoms with van der Waals surface area (Å²) in [5.41, 5.74) is 1.64. The molecule has 0 N–H and O–H groups in total. The van der Waals surface area contributed by atoms with Crippen LogP contribution in [-0.2, 0) is 4.79 Å². The molecule has 1 atom stereocenters. The van der Waals surface area contributed by atoms with Crippen molar-refractivity contribution in [3.8, 4) is 0 Å². The summed E-state index contributed by atoms with van der Waals surface area (Å²) in [7, 11) is 0. The molecule has 5 heteroatoms. The maximum atomic E-state index is 12.7. The number of para-hydroxylation sites is 2. The second kappa shape index (κ2) is 7.18. The van der Waals surface area contributed by atoms with Gasteiger partial charge in [-0.1, -0.05) is 43.2 Å². The zero-order chi connectivity index (χ0) is 16.4. The summed E-state index contributed by atoms with van der Waals surface area (Å²) in [6, 6.07) is 8.20. The van der Waals surface area contributed by atoms with Crippen LogP contribution >= 0.6 is 11.8 Å². The fraction of sp³-hybridized carbons (Fsp3) is 0.579. The lowest BCUT2D eigenvalue weighted by Crippen LogP contribution is -2.41. The van der Waals surface area contributed by atoms with Crippen LogP contribution in [0.15, 0.2) is 33.9 Å². The van der Waals surface area contributed by atoms with Gasteiger partial charge in [0.1, 0.15) is 5.52 Å². The molecule has 0 spiro atoms. The van der Waals surface area contributed by atoms with Crippen molar-refractivity contribution in [1.29, 1.82) is 0 Å². The van der Waals surface area contributed by atoms with Crippen molar-refractivity contribution in [3.05, 3.63) is 24.3 Å². The van der Waals surface area contributed by atoms with Gasteiger partial charge in [-0.2, -0.15) is 0 Å².